The van der Waals surface area contributed by atoms with Gasteiger partial charge in [-0.3, -0.25) is 4.31 Å². The number of hydroxylamine groups is 2. The minimum absolute atomic E-state index is 0.378. The minimum Gasteiger partial charge on any atom is -0.756 e. The molecule has 6 nitrogen and oxygen atoms in total. The first-order chi connectivity index (χ1) is 15.7. The predicted octanol–water partition coefficient (Wildman–Crippen LogP) is 5.21. The lowest BCUT2D eigenvalue weighted by Gasteiger charge is -2.42. The zero-order valence-electron chi connectivity index (χ0n) is 17.9. The first kappa shape index (κ1) is 20.6. The second-order valence-electron chi connectivity index (χ2n) is 7.80. The van der Waals surface area contributed by atoms with Crippen LogP contribution in [0.4, 0.5) is 17.1 Å². The molecule has 0 amide bonds. The molecule has 164 valence electrons. The summed E-state index contributed by atoms with van der Waals surface area (Å²) in [6, 6.07) is 29.2. The SMILES string of the molecule is CCCC1N([O-])C2=C(CN(c3ccccc3)S(=O)N2c2ccccc2)N1c1ccccc1. The Labute approximate surface area is 191 Å². The second-order valence-corrected chi connectivity index (χ2v) is 9.07. The van der Waals surface area contributed by atoms with Gasteiger partial charge in [0, 0.05) is 5.69 Å². The molecule has 0 aromatic heterocycles. The van der Waals surface area contributed by atoms with Gasteiger partial charge in [-0.15, -0.1) is 0 Å². The Hall–Kier alpha value is -3.29. The fraction of sp³-hybridized carbons (Fsp3) is 0.200. The van der Waals surface area contributed by atoms with Gasteiger partial charge in [-0.2, -0.15) is 0 Å². The summed E-state index contributed by atoms with van der Waals surface area (Å²) in [5.41, 5.74) is 3.40. The molecule has 0 saturated heterocycles. The van der Waals surface area contributed by atoms with Gasteiger partial charge in [0.2, 0.25) is 11.2 Å². The van der Waals surface area contributed by atoms with Crippen molar-refractivity contribution >= 4 is 28.2 Å². The van der Waals surface area contributed by atoms with Crippen molar-refractivity contribution in [1.82, 2.24) is 5.06 Å². The smallest absolute Gasteiger partial charge is 0.232 e. The molecule has 0 spiro atoms. The Morgan fingerprint density at radius 1 is 0.844 bits per heavy atom. The number of nitrogens with zero attached hydrogens (tertiary/aromatic N) is 4. The lowest BCUT2D eigenvalue weighted by atomic mass is 10.2. The van der Waals surface area contributed by atoms with Crippen LogP contribution in [0.15, 0.2) is 103 Å². The maximum absolute atomic E-state index is 13.9. The van der Waals surface area contributed by atoms with Crippen LogP contribution in [0, 0.1) is 5.21 Å². The van der Waals surface area contributed by atoms with Crippen molar-refractivity contribution < 1.29 is 4.21 Å². The number of benzene rings is 3. The van der Waals surface area contributed by atoms with Gasteiger partial charge in [-0.1, -0.05) is 67.9 Å². The molecule has 2 atom stereocenters. The summed E-state index contributed by atoms with van der Waals surface area (Å²) in [6.07, 6.45) is 1.18. The van der Waals surface area contributed by atoms with Gasteiger partial charge in [0.1, 0.15) is 5.82 Å². The number of rotatable bonds is 5. The Morgan fingerprint density at radius 3 is 1.94 bits per heavy atom. The van der Waals surface area contributed by atoms with E-state index in [1.54, 1.807) is 4.31 Å². The molecule has 2 heterocycles. The van der Waals surface area contributed by atoms with Gasteiger partial charge in [0.05, 0.1) is 29.8 Å². The molecule has 32 heavy (non-hydrogen) atoms. The third-order valence-electron chi connectivity index (χ3n) is 5.77. The minimum atomic E-state index is -1.60. The van der Waals surface area contributed by atoms with E-state index < -0.39 is 11.2 Å². The molecule has 2 unspecified atom stereocenters. The van der Waals surface area contributed by atoms with Crippen LogP contribution in [0.2, 0.25) is 0 Å². The van der Waals surface area contributed by atoms with Crippen molar-refractivity contribution in [3.63, 3.8) is 0 Å². The quantitative estimate of drug-likeness (QED) is 0.541. The van der Waals surface area contributed by atoms with E-state index in [9.17, 15) is 9.42 Å². The fourth-order valence-electron chi connectivity index (χ4n) is 4.35. The molecule has 2 aliphatic heterocycles. The molecule has 0 aliphatic carbocycles. The molecule has 0 saturated carbocycles. The number of hydrogen-bond acceptors (Lipinski definition) is 4. The molecule has 7 heteroatoms. The molecule has 0 bridgehead atoms. The molecular weight excluding hydrogens is 420 g/mol. The topological polar surface area (TPSA) is 53.1 Å². The van der Waals surface area contributed by atoms with Gasteiger partial charge >= 0.3 is 0 Å². The molecule has 2 aliphatic rings. The van der Waals surface area contributed by atoms with Crippen molar-refractivity contribution in [2.45, 2.75) is 25.9 Å². The normalized spacial score (nSPS) is 20.7. The van der Waals surface area contributed by atoms with E-state index >= 15 is 0 Å². The second kappa shape index (κ2) is 8.68. The summed E-state index contributed by atoms with van der Waals surface area (Å²) in [7, 11) is 0. The Bertz CT molecular complexity index is 1120. The summed E-state index contributed by atoms with van der Waals surface area (Å²) < 4.78 is 17.4. The summed E-state index contributed by atoms with van der Waals surface area (Å²) in [5, 5.41) is 14.8. The third kappa shape index (κ3) is 3.43. The number of hydrogen-bond donors (Lipinski definition) is 0. The highest BCUT2D eigenvalue weighted by Gasteiger charge is 2.44. The Kier molecular flexibility index (Phi) is 5.59. The maximum Gasteiger partial charge on any atom is 0.232 e. The lowest BCUT2D eigenvalue weighted by molar-refractivity contribution is 0.349. The first-order valence-corrected chi connectivity index (χ1v) is 11.9. The average molecular weight is 446 g/mol. The van der Waals surface area contributed by atoms with Crippen LogP contribution in [0.5, 0.6) is 0 Å². The molecule has 3 aromatic carbocycles. The van der Waals surface area contributed by atoms with Crippen LogP contribution in [-0.2, 0) is 11.2 Å². The summed E-state index contributed by atoms with van der Waals surface area (Å²) in [6.45, 7) is 2.46. The number of para-hydroxylation sites is 3. The average Bonchev–Trinajstić information content (AvgIpc) is 3.12. The Balaban J connectivity index is 1.70. The van der Waals surface area contributed by atoms with Crippen LogP contribution in [0.1, 0.15) is 19.8 Å². The molecular formula is C25H25N4O2S-. The van der Waals surface area contributed by atoms with Crippen molar-refractivity contribution in [3.8, 4) is 0 Å². The summed E-state index contributed by atoms with van der Waals surface area (Å²) >= 11 is -1.60. The molecule has 0 N–H and O–H groups in total. The maximum atomic E-state index is 13.9. The van der Waals surface area contributed by atoms with Crippen LogP contribution < -0.4 is 13.5 Å². The molecule has 0 fully saturated rings. The monoisotopic (exact) mass is 445 g/mol. The predicted molar refractivity (Wildman–Crippen MR) is 131 cm³/mol. The van der Waals surface area contributed by atoms with E-state index in [0.717, 1.165) is 34.2 Å². The standard InChI is InChI=1S/C25H25N4O2S/c1-2-12-24-27(21-15-8-4-9-16-21)23-19-26(20-13-6-3-7-14-20)32(31)29(25(23)28(24)30)22-17-10-5-11-18-22/h3-11,13-18,24H,2,12,19H2,1H3/q-1. The molecule has 5 rings (SSSR count). The highest BCUT2D eigenvalue weighted by molar-refractivity contribution is 7.88. The van der Waals surface area contributed by atoms with Crippen LogP contribution in [0.25, 0.3) is 0 Å². The van der Waals surface area contributed by atoms with Crippen molar-refractivity contribution in [3.05, 3.63) is 108 Å². The highest BCUT2D eigenvalue weighted by Crippen LogP contribution is 2.43. The van der Waals surface area contributed by atoms with E-state index in [0.29, 0.717) is 18.8 Å². The third-order valence-corrected chi connectivity index (χ3v) is 7.19. The summed E-state index contributed by atoms with van der Waals surface area (Å²) in [4.78, 5) is 2.12. The summed E-state index contributed by atoms with van der Waals surface area (Å²) in [5.74, 6) is 0.462. The van der Waals surface area contributed by atoms with E-state index in [1.807, 2.05) is 95.3 Å². The molecule has 3 aromatic rings. The van der Waals surface area contributed by atoms with Gasteiger partial charge in [-0.05, 0) is 42.8 Å². The van der Waals surface area contributed by atoms with E-state index in [-0.39, 0.29) is 6.17 Å². The van der Waals surface area contributed by atoms with Crippen LogP contribution in [-0.4, -0.2) is 22.0 Å². The first-order valence-electron chi connectivity index (χ1n) is 10.8. The number of anilines is 3. The fourth-order valence-corrected chi connectivity index (χ4v) is 5.72. The van der Waals surface area contributed by atoms with Crippen molar-refractivity contribution in [2.24, 2.45) is 0 Å². The zero-order chi connectivity index (χ0) is 22.1. The van der Waals surface area contributed by atoms with Gasteiger partial charge in [0.15, 0.2) is 0 Å². The Morgan fingerprint density at radius 2 is 1.38 bits per heavy atom. The van der Waals surface area contributed by atoms with E-state index in [4.69, 9.17) is 0 Å². The van der Waals surface area contributed by atoms with Crippen LogP contribution in [0.3, 0.4) is 0 Å². The van der Waals surface area contributed by atoms with Crippen LogP contribution >= 0.6 is 0 Å². The zero-order valence-corrected chi connectivity index (χ0v) is 18.7. The van der Waals surface area contributed by atoms with E-state index in [1.165, 1.54) is 0 Å². The highest BCUT2D eigenvalue weighted by atomic mass is 32.2. The lowest BCUT2D eigenvalue weighted by Crippen LogP contribution is -2.47. The van der Waals surface area contributed by atoms with Crippen molar-refractivity contribution in [2.75, 3.05) is 20.1 Å². The van der Waals surface area contributed by atoms with Crippen molar-refractivity contribution in [1.29, 1.82) is 0 Å². The van der Waals surface area contributed by atoms with Gasteiger partial charge in [-0.25, -0.2) is 8.51 Å². The largest absolute Gasteiger partial charge is 0.756 e. The van der Waals surface area contributed by atoms with Gasteiger partial charge < -0.3 is 15.2 Å². The van der Waals surface area contributed by atoms with Gasteiger partial charge in [0.25, 0.3) is 0 Å². The van der Waals surface area contributed by atoms with E-state index in [2.05, 4.69) is 11.8 Å². The molecule has 0 radical (unpaired) electrons.